The largest absolute Gasteiger partial charge is 0.497 e. The lowest BCUT2D eigenvalue weighted by atomic mass is 10.2. The van der Waals surface area contributed by atoms with E-state index in [0.29, 0.717) is 24.9 Å². The fourth-order valence-corrected chi connectivity index (χ4v) is 2.62. The van der Waals surface area contributed by atoms with Gasteiger partial charge in [0.2, 0.25) is 11.7 Å². The van der Waals surface area contributed by atoms with Crippen molar-refractivity contribution in [3.8, 4) is 22.9 Å². The van der Waals surface area contributed by atoms with E-state index in [0.717, 1.165) is 23.6 Å². The second-order valence-corrected chi connectivity index (χ2v) is 6.16. The quantitative estimate of drug-likeness (QED) is 0.535. The Hall–Kier alpha value is -3.12. The minimum atomic E-state index is 0.507. The molecule has 0 radical (unpaired) electrons. The van der Waals surface area contributed by atoms with Crippen molar-refractivity contribution in [2.45, 2.75) is 13.1 Å². The monoisotopic (exact) mass is 365 g/mol. The zero-order valence-electron chi connectivity index (χ0n) is 15.6. The van der Waals surface area contributed by atoms with E-state index in [4.69, 9.17) is 14.0 Å². The van der Waals surface area contributed by atoms with Gasteiger partial charge in [-0.1, -0.05) is 29.9 Å². The van der Waals surface area contributed by atoms with E-state index in [9.17, 15) is 0 Å². The number of rotatable bonds is 9. The third kappa shape index (κ3) is 5.18. The molecule has 0 aliphatic carbocycles. The van der Waals surface area contributed by atoms with Crippen LogP contribution in [0.1, 0.15) is 11.5 Å². The molecule has 0 spiro atoms. The predicted octanol–water partition coefficient (Wildman–Crippen LogP) is 3.94. The Morgan fingerprint density at radius 2 is 1.74 bits per heavy atom. The van der Waals surface area contributed by atoms with Crippen LogP contribution in [0.25, 0.3) is 11.4 Å². The van der Waals surface area contributed by atoms with Crippen molar-refractivity contribution in [2.24, 2.45) is 0 Å². The molecule has 0 N–H and O–H groups in total. The summed E-state index contributed by atoms with van der Waals surface area (Å²) in [6.45, 7) is 5.48. The molecule has 27 heavy (non-hydrogen) atoms. The lowest BCUT2D eigenvalue weighted by Crippen LogP contribution is -2.17. The summed E-state index contributed by atoms with van der Waals surface area (Å²) in [5.74, 6) is 2.78. The van der Waals surface area contributed by atoms with Crippen molar-refractivity contribution < 1.29 is 14.0 Å². The van der Waals surface area contributed by atoms with Crippen LogP contribution >= 0.6 is 0 Å². The van der Waals surface area contributed by atoms with E-state index in [1.54, 1.807) is 13.2 Å². The summed E-state index contributed by atoms with van der Waals surface area (Å²) >= 11 is 0. The van der Waals surface area contributed by atoms with Gasteiger partial charge in [0.25, 0.3) is 0 Å². The second-order valence-electron chi connectivity index (χ2n) is 6.16. The Kier molecular flexibility index (Phi) is 6.22. The number of aromatic nitrogens is 2. The number of ether oxygens (including phenoxy) is 2. The first kappa shape index (κ1) is 18.7. The van der Waals surface area contributed by atoms with Crippen LogP contribution in [0, 0.1) is 0 Å². The molecule has 6 nitrogen and oxygen atoms in total. The minimum Gasteiger partial charge on any atom is -0.497 e. The molecule has 6 heteroatoms. The van der Waals surface area contributed by atoms with Crippen molar-refractivity contribution in [3.05, 3.63) is 72.6 Å². The van der Waals surface area contributed by atoms with Gasteiger partial charge in [-0.15, -0.1) is 0 Å². The first-order valence-electron chi connectivity index (χ1n) is 8.66. The molecule has 1 heterocycles. The molecule has 0 saturated heterocycles. The van der Waals surface area contributed by atoms with Gasteiger partial charge in [-0.2, -0.15) is 4.98 Å². The van der Waals surface area contributed by atoms with Crippen LogP contribution in [-0.4, -0.2) is 35.8 Å². The molecule has 0 atom stereocenters. The van der Waals surface area contributed by atoms with Gasteiger partial charge in [-0.3, -0.25) is 4.90 Å². The molecular weight excluding hydrogens is 342 g/mol. The zero-order chi connectivity index (χ0) is 19.1. The maximum atomic E-state index is 5.50. The summed E-state index contributed by atoms with van der Waals surface area (Å²) in [6.07, 6.45) is 1.73. The van der Waals surface area contributed by atoms with Crippen LogP contribution in [0.3, 0.4) is 0 Å². The van der Waals surface area contributed by atoms with E-state index in [1.165, 1.54) is 5.56 Å². The summed E-state index contributed by atoms with van der Waals surface area (Å²) in [7, 11) is 3.65. The highest BCUT2D eigenvalue weighted by atomic mass is 16.5. The number of benzene rings is 2. The smallest absolute Gasteiger partial charge is 0.241 e. The average molecular weight is 365 g/mol. The first-order chi connectivity index (χ1) is 13.2. The fraction of sp³-hybridized carbons (Fsp3) is 0.238. The molecule has 0 saturated carbocycles. The van der Waals surface area contributed by atoms with Crippen LogP contribution in [0.4, 0.5) is 0 Å². The molecule has 0 aliphatic heterocycles. The first-order valence-corrected chi connectivity index (χ1v) is 8.66. The molecule has 1 aromatic heterocycles. The Bertz CT molecular complexity index is 857. The van der Waals surface area contributed by atoms with Crippen molar-refractivity contribution in [2.75, 3.05) is 20.8 Å². The van der Waals surface area contributed by atoms with Gasteiger partial charge in [0, 0.05) is 12.1 Å². The highest BCUT2D eigenvalue weighted by Crippen LogP contribution is 2.20. The molecule has 0 unspecified atom stereocenters. The van der Waals surface area contributed by atoms with E-state index in [2.05, 4.69) is 21.6 Å². The molecule has 0 fully saturated rings. The molecule has 3 rings (SSSR count). The molecule has 3 aromatic rings. The van der Waals surface area contributed by atoms with Gasteiger partial charge >= 0.3 is 0 Å². The van der Waals surface area contributed by atoms with E-state index < -0.39 is 0 Å². The Morgan fingerprint density at radius 3 is 2.41 bits per heavy atom. The summed E-state index contributed by atoms with van der Waals surface area (Å²) in [6, 6.07) is 15.6. The minimum absolute atomic E-state index is 0.507. The van der Waals surface area contributed by atoms with E-state index in [1.807, 2.05) is 55.6 Å². The van der Waals surface area contributed by atoms with Crippen LogP contribution in [-0.2, 0) is 13.1 Å². The molecule has 0 bridgehead atoms. The van der Waals surface area contributed by atoms with Gasteiger partial charge in [0.15, 0.2) is 0 Å². The molecule has 0 aliphatic rings. The lowest BCUT2D eigenvalue weighted by Gasteiger charge is -2.14. The van der Waals surface area contributed by atoms with Crippen LogP contribution in [0.5, 0.6) is 11.5 Å². The normalized spacial score (nSPS) is 10.8. The highest BCUT2D eigenvalue weighted by Gasteiger charge is 2.11. The van der Waals surface area contributed by atoms with Gasteiger partial charge in [0.05, 0.1) is 13.7 Å². The number of hydrogen-bond donors (Lipinski definition) is 0. The maximum absolute atomic E-state index is 5.50. The third-order valence-electron chi connectivity index (χ3n) is 3.97. The highest BCUT2D eigenvalue weighted by molar-refractivity contribution is 5.55. The number of methoxy groups -OCH3 is 1. The van der Waals surface area contributed by atoms with Crippen LogP contribution in [0.15, 0.2) is 65.7 Å². The van der Waals surface area contributed by atoms with Crippen molar-refractivity contribution in [3.63, 3.8) is 0 Å². The Balaban J connectivity index is 1.57. The van der Waals surface area contributed by atoms with Gasteiger partial charge < -0.3 is 14.0 Å². The zero-order valence-corrected chi connectivity index (χ0v) is 15.6. The van der Waals surface area contributed by atoms with Crippen LogP contribution < -0.4 is 9.47 Å². The molecule has 140 valence electrons. The number of nitrogens with zero attached hydrogens (tertiary/aromatic N) is 3. The maximum Gasteiger partial charge on any atom is 0.241 e. The second kappa shape index (κ2) is 9.00. The molecule has 0 amide bonds. The predicted molar refractivity (Wildman–Crippen MR) is 104 cm³/mol. The number of hydrogen-bond acceptors (Lipinski definition) is 6. The van der Waals surface area contributed by atoms with Gasteiger partial charge in [-0.05, 0) is 49.0 Å². The third-order valence-corrected chi connectivity index (χ3v) is 3.97. The van der Waals surface area contributed by atoms with E-state index in [-0.39, 0.29) is 0 Å². The fourth-order valence-electron chi connectivity index (χ4n) is 2.62. The van der Waals surface area contributed by atoms with Gasteiger partial charge in [-0.25, -0.2) is 0 Å². The van der Waals surface area contributed by atoms with E-state index >= 15 is 0 Å². The van der Waals surface area contributed by atoms with Crippen LogP contribution in [0.2, 0.25) is 0 Å². The van der Waals surface area contributed by atoms with Gasteiger partial charge in [0.1, 0.15) is 18.1 Å². The topological polar surface area (TPSA) is 60.6 Å². The average Bonchev–Trinajstić information content (AvgIpc) is 3.16. The van der Waals surface area contributed by atoms with Crippen molar-refractivity contribution >= 4 is 0 Å². The summed E-state index contributed by atoms with van der Waals surface area (Å²) in [5, 5.41) is 4.06. The summed E-state index contributed by atoms with van der Waals surface area (Å²) < 4.78 is 16.0. The summed E-state index contributed by atoms with van der Waals surface area (Å²) in [5.41, 5.74) is 2.07. The standard InChI is InChI=1S/C21H23N3O3/c1-4-13-26-19-9-5-16(6-10-19)14-24(2)15-20-22-21(23-27-20)17-7-11-18(25-3)12-8-17/h4-12H,1,13-15H2,2-3H3. The Labute approximate surface area is 159 Å². The van der Waals surface area contributed by atoms with Crippen molar-refractivity contribution in [1.82, 2.24) is 15.0 Å². The van der Waals surface area contributed by atoms with Crippen molar-refractivity contribution in [1.29, 1.82) is 0 Å². The molecule has 2 aromatic carbocycles. The summed E-state index contributed by atoms with van der Waals surface area (Å²) in [4.78, 5) is 6.59. The molecular formula is C21H23N3O3. The SMILES string of the molecule is C=CCOc1ccc(CN(C)Cc2nc(-c3ccc(OC)cc3)no2)cc1. The Morgan fingerprint density at radius 1 is 1.04 bits per heavy atom. The lowest BCUT2D eigenvalue weighted by molar-refractivity contribution is 0.260.